The number of imide groups is 1. The number of rotatable bonds is 3. The number of hydrogen-bond acceptors (Lipinski definition) is 5. The molecule has 0 spiro atoms. The fourth-order valence-corrected chi connectivity index (χ4v) is 2.62. The number of carboxylic acid groups (broad SMARTS) is 1. The summed E-state index contributed by atoms with van der Waals surface area (Å²) in [5.41, 5.74) is 0.359. The van der Waals surface area contributed by atoms with Gasteiger partial charge in [0.1, 0.15) is 5.17 Å². The first-order chi connectivity index (χ1) is 10.0. The van der Waals surface area contributed by atoms with Gasteiger partial charge in [0, 0.05) is 6.42 Å². The van der Waals surface area contributed by atoms with E-state index in [1.807, 2.05) is 0 Å². The Morgan fingerprint density at radius 1 is 1.33 bits per heavy atom. The van der Waals surface area contributed by atoms with Crippen molar-refractivity contribution in [2.24, 2.45) is 5.16 Å². The van der Waals surface area contributed by atoms with Gasteiger partial charge in [-0.05, 0) is 12.1 Å². The summed E-state index contributed by atoms with van der Waals surface area (Å²) in [5.74, 6) is -2.67. The number of oxime groups is 1. The first kappa shape index (κ1) is 13.6. The predicted molar refractivity (Wildman–Crippen MR) is 71.1 cm³/mol. The van der Waals surface area contributed by atoms with Crippen LogP contribution in [0.1, 0.15) is 27.1 Å². The molecule has 0 fully saturated rings. The van der Waals surface area contributed by atoms with Crippen molar-refractivity contribution >= 4 is 34.6 Å². The number of aliphatic carboxylic acids is 1. The molecule has 108 valence electrons. The van der Waals surface area contributed by atoms with Crippen molar-refractivity contribution in [2.75, 3.05) is 0 Å². The molecule has 1 aromatic rings. The number of carbonyl (C=O) groups excluding carboxylic acids is 2. The highest BCUT2D eigenvalue weighted by Crippen LogP contribution is 2.29. The van der Waals surface area contributed by atoms with Crippen LogP contribution in [0.2, 0.25) is 0 Å². The van der Waals surface area contributed by atoms with E-state index in [0.717, 1.165) is 0 Å². The number of carbonyl (C=O) groups is 3. The Morgan fingerprint density at radius 2 is 1.90 bits per heavy atom. The SMILES string of the molecule is O=C(O)[C@H]([C@@H]1CC(Cl)=NO1)N1C(=O)c2ccccc2C1=O. The van der Waals surface area contributed by atoms with Crippen molar-refractivity contribution < 1.29 is 24.3 Å². The second-order valence-corrected chi connectivity index (χ2v) is 5.06. The lowest BCUT2D eigenvalue weighted by atomic mass is 10.1. The quantitative estimate of drug-likeness (QED) is 0.843. The minimum Gasteiger partial charge on any atom is -0.480 e. The molecule has 3 rings (SSSR count). The van der Waals surface area contributed by atoms with Gasteiger partial charge in [0.25, 0.3) is 11.8 Å². The average molecular weight is 309 g/mol. The molecule has 0 saturated heterocycles. The summed E-state index contributed by atoms with van der Waals surface area (Å²) in [6.45, 7) is 0. The van der Waals surface area contributed by atoms with Gasteiger partial charge in [0.15, 0.2) is 12.1 Å². The van der Waals surface area contributed by atoms with Crippen LogP contribution in [0.5, 0.6) is 0 Å². The van der Waals surface area contributed by atoms with E-state index in [4.69, 9.17) is 16.4 Å². The van der Waals surface area contributed by atoms with Gasteiger partial charge >= 0.3 is 5.97 Å². The third kappa shape index (κ3) is 2.06. The van der Waals surface area contributed by atoms with E-state index < -0.39 is 29.9 Å². The summed E-state index contributed by atoms with van der Waals surface area (Å²) in [6, 6.07) is 4.70. The minimum atomic E-state index is -1.47. The number of benzene rings is 1. The van der Waals surface area contributed by atoms with Crippen molar-refractivity contribution in [3.05, 3.63) is 35.4 Å². The van der Waals surface area contributed by atoms with Crippen LogP contribution in [0.25, 0.3) is 0 Å². The fraction of sp³-hybridized carbons (Fsp3) is 0.231. The molecule has 0 aliphatic carbocycles. The van der Waals surface area contributed by atoms with Crippen molar-refractivity contribution in [1.82, 2.24) is 4.90 Å². The molecule has 21 heavy (non-hydrogen) atoms. The molecule has 1 N–H and O–H groups in total. The van der Waals surface area contributed by atoms with Crippen LogP contribution < -0.4 is 0 Å². The Labute approximate surface area is 123 Å². The van der Waals surface area contributed by atoms with Crippen LogP contribution in [0, 0.1) is 0 Å². The maximum Gasteiger partial charge on any atom is 0.330 e. The van der Waals surface area contributed by atoms with Gasteiger partial charge < -0.3 is 9.94 Å². The van der Waals surface area contributed by atoms with Gasteiger partial charge in [0.2, 0.25) is 0 Å². The smallest absolute Gasteiger partial charge is 0.330 e. The average Bonchev–Trinajstić information content (AvgIpc) is 2.97. The zero-order valence-electron chi connectivity index (χ0n) is 10.5. The number of hydrogen-bond donors (Lipinski definition) is 1. The van der Waals surface area contributed by atoms with E-state index in [1.54, 1.807) is 12.1 Å². The Morgan fingerprint density at radius 3 is 2.33 bits per heavy atom. The highest BCUT2D eigenvalue weighted by molar-refractivity contribution is 6.65. The molecule has 0 bridgehead atoms. The predicted octanol–water partition coefficient (Wildman–Crippen LogP) is 1.08. The van der Waals surface area contributed by atoms with Crippen LogP contribution in [-0.2, 0) is 9.63 Å². The summed E-state index contributed by atoms with van der Waals surface area (Å²) in [5, 5.41) is 12.9. The minimum absolute atomic E-state index is 0.0337. The Kier molecular flexibility index (Phi) is 3.13. The first-order valence-corrected chi connectivity index (χ1v) is 6.46. The Bertz CT molecular complexity index is 652. The summed E-state index contributed by atoms with van der Waals surface area (Å²) < 4.78 is 0. The fourth-order valence-electron chi connectivity index (χ4n) is 2.43. The lowest BCUT2D eigenvalue weighted by Crippen LogP contribution is -2.51. The molecule has 2 atom stereocenters. The zero-order chi connectivity index (χ0) is 15.1. The van der Waals surface area contributed by atoms with E-state index in [0.29, 0.717) is 4.90 Å². The number of carboxylic acids is 1. The molecule has 0 unspecified atom stereocenters. The third-order valence-electron chi connectivity index (χ3n) is 3.37. The standard InChI is InChI=1S/C13H9ClN2O5/c14-9-5-8(21-15-9)10(13(19)20)16-11(17)6-3-1-2-4-7(6)12(16)18/h1-4,8,10H,5H2,(H,19,20)/t8-,10-/m0/s1. The second-order valence-electron chi connectivity index (χ2n) is 4.62. The molecule has 0 saturated carbocycles. The molecular formula is C13H9ClN2O5. The van der Waals surface area contributed by atoms with E-state index in [2.05, 4.69) is 5.16 Å². The summed E-state index contributed by atoms with van der Waals surface area (Å²) in [4.78, 5) is 41.7. The maximum absolute atomic E-state index is 12.3. The van der Waals surface area contributed by atoms with Crippen molar-refractivity contribution in [3.63, 3.8) is 0 Å². The summed E-state index contributed by atoms with van der Waals surface area (Å²) >= 11 is 5.67. The maximum atomic E-state index is 12.3. The van der Waals surface area contributed by atoms with E-state index in [-0.39, 0.29) is 22.7 Å². The topological polar surface area (TPSA) is 96.3 Å². The van der Waals surface area contributed by atoms with Crippen molar-refractivity contribution in [1.29, 1.82) is 0 Å². The van der Waals surface area contributed by atoms with Gasteiger partial charge in [-0.15, -0.1) is 0 Å². The largest absolute Gasteiger partial charge is 0.480 e. The molecule has 8 heteroatoms. The molecule has 2 aliphatic rings. The Hall–Kier alpha value is -2.41. The summed E-state index contributed by atoms with van der Waals surface area (Å²) in [6.07, 6.45) is -0.955. The molecule has 2 aliphatic heterocycles. The van der Waals surface area contributed by atoms with Crippen LogP contribution in [0.3, 0.4) is 0 Å². The van der Waals surface area contributed by atoms with Crippen molar-refractivity contribution in [3.8, 4) is 0 Å². The molecule has 1 aromatic carbocycles. The number of nitrogens with zero attached hydrogens (tertiary/aromatic N) is 2. The van der Waals surface area contributed by atoms with E-state index >= 15 is 0 Å². The van der Waals surface area contributed by atoms with Gasteiger partial charge in [-0.3, -0.25) is 14.5 Å². The molecule has 7 nitrogen and oxygen atoms in total. The van der Waals surface area contributed by atoms with Crippen LogP contribution in [0.15, 0.2) is 29.4 Å². The third-order valence-corrected chi connectivity index (χ3v) is 3.59. The molecular weight excluding hydrogens is 300 g/mol. The van der Waals surface area contributed by atoms with Crippen LogP contribution in [-0.4, -0.2) is 45.1 Å². The van der Waals surface area contributed by atoms with Gasteiger partial charge in [-0.1, -0.05) is 28.9 Å². The molecule has 0 aromatic heterocycles. The normalized spacial score (nSPS) is 21.9. The monoisotopic (exact) mass is 308 g/mol. The Balaban J connectivity index is 1.97. The number of halogens is 1. The first-order valence-electron chi connectivity index (χ1n) is 6.08. The zero-order valence-corrected chi connectivity index (χ0v) is 11.3. The molecule has 2 amide bonds. The molecule has 0 radical (unpaired) electrons. The van der Waals surface area contributed by atoms with Crippen molar-refractivity contribution in [2.45, 2.75) is 18.6 Å². The van der Waals surface area contributed by atoms with Gasteiger partial charge in [0.05, 0.1) is 11.1 Å². The second kappa shape index (κ2) is 4.85. The lowest BCUT2D eigenvalue weighted by Gasteiger charge is -2.25. The summed E-state index contributed by atoms with van der Waals surface area (Å²) in [7, 11) is 0. The highest BCUT2D eigenvalue weighted by atomic mass is 35.5. The van der Waals surface area contributed by atoms with E-state index in [9.17, 15) is 19.5 Å². The number of fused-ring (bicyclic) bond motifs is 1. The lowest BCUT2D eigenvalue weighted by molar-refractivity contribution is -0.146. The van der Waals surface area contributed by atoms with Crippen LogP contribution >= 0.6 is 11.6 Å². The van der Waals surface area contributed by atoms with Gasteiger partial charge in [-0.2, -0.15) is 0 Å². The van der Waals surface area contributed by atoms with E-state index in [1.165, 1.54) is 12.1 Å². The number of amides is 2. The molecule has 2 heterocycles. The highest BCUT2D eigenvalue weighted by Gasteiger charge is 2.48. The van der Waals surface area contributed by atoms with Gasteiger partial charge in [-0.25, -0.2) is 4.79 Å². The van der Waals surface area contributed by atoms with Crippen LogP contribution in [0.4, 0.5) is 0 Å².